The molecule has 0 aliphatic carbocycles. The largest absolute Gasteiger partial charge is 0.504 e. The van der Waals surface area contributed by atoms with Crippen LogP contribution in [0.1, 0.15) is 28.7 Å². The predicted octanol–water partition coefficient (Wildman–Crippen LogP) is 7.38. The highest BCUT2D eigenvalue weighted by molar-refractivity contribution is 6.15. The number of rotatable bonds is 14. The van der Waals surface area contributed by atoms with Crippen LogP contribution in [0.2, 0.25) is 0 Å². The van der Waals surface area contributed by atoms with Crippen molar-refractivity contribution >= 4 is 23.6 Å². The standard InChI is InChI=1S/C35H34N2O6/c1-40-34-21-26(15-19-32(34)38)13-17-30(36-42-24-28-9-5-3-6-10-28)23-31(37-43-25-29-11-7-4-8-12-29)18-14-27-16-20-33(39)35(22-27)41-2/h3-22,38-39H,23-25H2,1-2H3/b17-13+,18-14+,36-30+,37-31+. The molecule has 4 aromatic carbocycles. The molecule has 4 rings (SSSR count). The second kappa shape index (κ2) is 16.1. The lowest BCUT2D eigenvalue weighted by Gasteiger charge is -2.07. The first kappa shape index (κ1) is 30.5. The molecule has 0 saturated heterocycles. The lowest BCUT2D eigenvalue weighted by molar-refractivity contribution is 0.129. The van der Waals surface area contributed by atoms with Gasteiger partial charge in [-0.15, -0.1) is 0 Å². The number of phenols is 2. The Labute approximate surface area is 251 Å². The first-order valence-corrected chi connectivity index (χ1v) is 13.6. The van der Waals surface area contributed by atoms with Crippen molar-refractivity contribution in [2.24, 2.45) is 10.3 Å². The lowest BCUT2D eigenvalue weighted by Crippen LogP contribution is -2.06. The fraction of sp³-hybridized carbons (Fsp3) is 0.143. The van der Waals surface area contributed by atoms with Gasteiger partial charge in [0.1, 0.15) is 13.2 Å². The summed E-state index contributed by atoms with van der Waals surface area (Å²) in [6.07, 6.45) is 7.62. The van der Waals surface area contributed by atoms with Crippen molar-refractivity contribution in [1.29, 1.82) is 0 Å². The summed E-state index contributed by atoms with van der Waals surface area (Å²) in [5.41, 5.74) is 4.74. The molecular formula is C35H34N2O6. The van der Waals surface area contributed by atoms with Gasteiger partial charge in [0.2, 0.25) is 0 Å². The Morgan fingerprint density at radius 1 is 0.605 bits per heavy atom. The van der Waals surface area contributed by atoms with Gasteiger partial charge in [-0.05, 0) is 58.7 Å². The minimum Gasteiger partial charge on any atom is -0.504 e. The van der Waals surface area contributed by atoms with Crippen LogP contribution in [0.3, 0.4) is 0 Å². The lowest BCUT2D eigenvalue weighted by atomic mass is 10.1. The summed E-state index contributed by atoms with van der Waals surface area (Å²) in [5, 5.41) is 28.8. The maximum Gasteiger partial charge on any atom is 0.161 e. The molecule has 0 aliphatic heterocycles. The molecule has 0 radical (unpaired) electrons. The summed E-state index contributed by atoms with van der Waals surface area (Å²) >= 11 is 0. The van der Waals surface area contributed by atoms with Crippen molar-refractivity contribution in [2.75, 3.05) is 14.2 Å². The van der Waals surface area contributed by atoms with Crippen molar-refractivity contribution in [3.63, 3.8) is 0 Å². The van der Waals surface area contributed by atoms with E-state index < -0.39 is 0 Å². The predicted molar refractivity (Wildman–Crippen MR) is 169 cm³/mol. The van der Waals surface area contributed by atoms with Crippen LogP contribution >= 0.6 is 0 Å². The monoisotopic (exact) mass is 578 g/mol. The Balaban J connectivity index is 1.61. The molecule has 0 atom stereocenters. The van der Waals surface area contributed by atoms with Gasteiger partial charge in [-0.3, -0.25) is 0 Å². The van der Waals surface area contributed by atoms with E-state index in [0.717, 1.165) is 22.3 Å². The molecule has 220 valence electrons. The number of nitrogens with zero attached hydrogens (tertiary/aromatic N) is 2. The minimum atomic E-state index is 0.0562. The quantitative estimate of drug-likeness (QED) is 0.120. The van der Waals surface area contributed by atoms with Crippen molar-refractivity contribution in [3.8, 4) is 23.0 Å². The number of oxime groups is 2. The summed E-state index contributed by atoms with van der Waals surface area (Å²) in [6.45, 7) is 0.594. The number of allylic oxidation sites excluding steroid dienone is 2. The van der Waals surface area contributed by atoms with Gasteiger partial charge in [-0.1, -0.05) is 95.3 Å². The second-order valence-electron chi connectivity index (χ2n) is 9.39. The molecule has 0 spiro atoms. The van der Waals surface area contributed by atoms with Crippen molar-refractivity contribution in [3.05, 3.63) is 131 Å². The third-order valence-electron chi connectivity index (χ3n) is 6.22. The third-order valence-corrected chi connectivity index (χ3v) is 6.22. The fourth-order valence-corrected chi connectivity index (χ4v) is 3.94. The molecule has 0 amide bonds. The van der Waals surface area contributed by atoms with Gasteiger partial charge in [0.25, 0.3) is 0 Å². The smallest absolute Gasteiger partial charge is 0.161 e. The van der Waals surface area contributed by atoms with Crippen molar-refractivity contribution < 1.29 is 29.4 Å². The van der Waals surface area contributed by atoms with Gasteiger partial charge in [-0.2, -0.15) is 0 Å². The summed E-state index contributed by atoms with van der Waals surface area (Å²) in [7, 11) is 3.00. The normalized spacial score (nSPS) is 12.0. The highest BCUT2D eigenvalue weighted by Crippen LogP contribution is 2.28. The molecule has 0 heterocycles. The van der Waals surface area contributed by atoms with E-state index in [1.807, 2.05) is 85.0 Å². The van der Waals surface area contributed by atoms with E-state index in [4.69, 9.17) is 19.1 Å². The van der Waals surface area contributed by atoms with Crippen LogP contribution in [0.15, 0.2) is 120 Å². The third kappa shape index (κ3) is 9.82. The molecule has 0 bridgehead atoms. The van der Waals surface area contributed by atoms with Gasteiger partial charge in [0.15, 0.2) is 23.0 Å². The van der Waals surface area contributed by atoms with Gasteiger partial charge in [-0.25, -0.2) is 0 Å². The highest BCUT2D eigenvalue weighted by atomic mass is 16.6. The zero-order valence-electron chi connectivity index (χ0n) is 24.1. The van der Waals surface area contributed by atoms with Gasteiger partial charge in [0.05, 0.1) is 25.6 Å². The molecule has 0 aliphatic rings. The van der Waals surface area contributed by atoms with Crippen LogP contribution in [0.5, 0.6) is 23.0 Å². The number of aromatic hydroxyl groups is 2. The molecule has 8 nitrogen and oxygen atoms in total. The minimum absolute atomic E-state index is 0.0562. The molecule has 0 aromatic heterocycles. The Hall–Kier alpha value is -5.50. The van der Waals surface area contributed by atoms with Crippen LogP contribution in [-0.4, -0.2) is 35.9 Å². The van der Waals surface area contributed by atoms with Gasteiger partial charge >= 0.3 is 0 Å². The van der Waals surface area contributed by atoms with E-state index in [2.05, 4.69) is 10.3 Å². The number of benzene rings is 4. The SMILES string of the molecule is COc1cc(/C=C/C(CC(/C=C/c2ccc(O)c(OC)c2)=N/OCc2ccccc2)=N\OCc2ccccc2)ccc1O. The zero-order valence-corrected chi connectivity index (χ0v) is 24.1. The Morgan fingerprint density at radius 2 is 1.02 bits per heavy atom. The van der Waals surface area contributed by atoms with E-state index >= 15 is 0 Å². The van der Waals surface area contributed by atoms with Crippen LogP contribution in [-0.2, 0) is 22.9 Å². The number of phenolic OH excluding ortho intramolecular Hbond substituents is 2. The highest BCUT2D eigenvalue weighted by Gasteiger charge is 2.07. The number of hydrogen-bond acceptors (Lipinski definition) is 8. The second-order valence-corrected chi connectivity index (χ2v) is 9.39. The maximum absolute atomic E-state index is 9.97. The van der Waals surface area contributed by atoms with Crippen LogP contribution in [0.25, 0.3) is 12.2 Å². The molecule has 4 aromatic rings. The van der Waals surface area contributed by atoms with Crippen molar-refractivity contribution in [1.82, 2.24) is 0 Å². The number of methoxy groups -OCH3 is 2. The van der Waals surface area contributed by atoms with Gasteiger partial charge in [0, 0.05) is 6.42 Å². The van der Waals surface area contributed by atoms with E-state index in [-0.39, 0.29) is 17.9 Å². The van der Waals surface area contributed by atoms with Gasteiger partial charge < -0.3 is 29.4 Å². The van der Waals surface area contributed by atoms with Crippen LogP contribution in [0.4, 0.5) is 0 Å². The van der Waals surface area contributed by atoms with E-state index in [0.29, 0.717) is 36.1 Å². The molecule has 43 heavy (non-hydrogen) atoms. The first-order valence-electron chi connectivity index (χ1n) is 13.6. The summed E-state index contributed by atoms with van der Waals surface area (Å²) in [4.78, 5) is 11.4. The number of hydrogen-bond donors (Lipinski definition) is 2. The summed E-state index contributed by atoms with van der Waals surface area (Å²) in [6, 6.07) is 29.7. The molecule has 0 unspecified atom stereocenters. The first-order chi connectivity index (χ1) is 21.0. The average molecular weight is 579 g/mol. The zero-order chi connectivity index (χ0) is 30.3. The van der Waals surface area contributed by atoms with E-state index in [9.17, 15) is 10.2 Å². The molecular weight excluding hydrogens is 544 g/mol. The molecule has 2 N–H and O–H groups in total. The van der Waals surface area contributed by atoms with Crippen LogP contribution < -0.4 is 9.47 Å². The molecule has 0 saturated carbocycles. The summed E-state index contributed by atoms with van der Waals surface area (Å²) < 4.78 is 10.5. The molecule has 8 heteroatoms. The Kier molecular flexibility index (Phi) is 11.4. The Bertz CT molecular complexity index is 1460. The maximum atomic E-state index is 9.97. The average Bonchev–Trinajstić information content (AvgIpc) is 3.04. The summed E-state index contributed by atoms with van der Waals surface area (Å²) in [5.74, 6) is 0.844. The van der Waals surface area contributed by atoms with E-state index in [1.165, 1.54) is 14.2 Å². The van der Waals surface area contributed by atoms with Crippen LogP contribution in [0, 0.1) is 0 Å². The van der Waals surface area contributed by atoms with E-state index in [1.54, 1.807) is 36.4 Å². The Morgan fingerprint density at radius 3 is 1.42 bits per heavy atom. The number of ether oxygens (including phenoxy) is 2. The fourth-order valence-electron chi connectivity index (χ4n) is 3.94. The molecule has 0 fully saturated rings. The van der Waals surface area contributed by atoms with Crippen molar-refractivity contribution in [2.45, 2.75) is 19.6 Å². The topological polar surface area (TPSA) is 102 Å².